The lowest BCUT2D eigenvalue weighted by Gasteiger charge is -2.12. The first-order chi connectivity index (χ1) is 10.4. The van der Waals surface area contributed by atoms with Gasteiger partial charge in [0.2, 0.25) is 5.89 Å². The molecule has 0 bridgehead atoms. The van der Waals surface area contributed by atoms with E-state index in [1.807, 2.05) is 12.1 Å². The summed E-state index contributed by atoms with van der Waals surface area (Å²) in [6, 6.07) is 8.12. The van der Waals surface area contributed by atoms with Crippen molar-refractivity contribution in [2.75, 3.05) is 5.32 Å². The lowest BCUT2D eigenvalue weighted by Crippen LogP contribution is -2.22. The average Bonchev–Trinajstić information content (AvgIpc) is 2.95. The van der Waals surface area contributed by atoms with Crippen LogP contribution in [0, 0.1) is 0 Å². The van der Waals surface area contributed by atoms with Gasteiger partial charge in [0.05, 0.1) is 6.20 Å². The number of anilines is 1. The molecule has 0 radical (unpaired) electrons. The number of guanidine groups is 1. The maximum absolute atomic E-state index is 5.89. The minimum absolute atomic E-state index is 0.0558. The minimum atomic E-state index is -0.0558. The summed E-state index contributed by atoms with van der Waals surface area (Å²) >= 11 is 0. The Hall–Kier alpha value is -2.30. The van der Waals surface area contributed by atoms with Gasteiger partial charge in [-0.1, -0.05) is 39.8 Å². The smallest absolute Gasteiger partial charge is 0.216 e. The molecule has 0 fully saturated rings. The molecule has 0 saturated heterocycles. The van der Waals surface area contributed by atoms with Gasteiger partial charge in [0.15, 0.2) is 5.96 Å². The summed E-state index contributed by atoms with van der Waals surface area (Å²) in [6.45, 7) is 8.69. The third-order valence-corrected chi connectivity index (χ3v) is 3.31. The number of aryl methyl sites for hydroxylation is 1. The van der Waals surface area contributed by atoms with E-state index in [2.05, 4.69) is 55.1 Å². The van der Waals surface area contributed by atoms with E-state index in [4.69, 9.17) is 10.2 Å². The van der Waals surface area contributed by atoms with Crippen molar-refractivity contribution in [3.05, 3.63) is 47.7 Å². The molecule has 1 aromatic carbocycles. The van der Waals surface area contributed by atoms with Gasteiger partial charge >= 0.3 is 0 Å². The van der Waals surface area contributed by atoms with Crippen molar-refractivity contribution in [1.29, 1.82) is 0 Å². The number of nitrogens with two attached hydrogens (primary N) is 1. The molecule has 118 valence electrons. The predicted molar refractivity (Wildman–Crippen MR) is 90.0 cm³/mol. The van der Waals surface area contributed by atoms with E-state index in [9.17, 15) is 0 Å². The van der Waals surface area contributed by atoms with Crippen molar-refractivity contribution in [2.24, 2.45) is 10.7 Å². The van der Waals surface area contributed by atoms with Crippen LogP contribution in [0.1, 0.15) is 44.9 Å². The molecular weight excluding hydrogens is 276 g/mol. The van der Waals surface area contributed by atoms with Crippen LogP contribution in [0.25, 0.3) is 0 Å². The van der Waals surface area contributed by atoms with Gasteiger partial charge in [-0.25, -0.2) is 9.98 Å². The van der Waals surface area contributed by atoms with E-state index in [1.54, 1.807) is 6.20 Å². The Balaban J connectivity index is 1.95. The van der Waals surface area contributed by atoms with Crippen molar-refractivity contribution in [3.8, 4) is 0 Å². The standard InChI is InChI=1S/C17H24N4O/c1-5-12-6-8-13(9-7-12)21-16(18)20-11-15-19-10-14(22-15)17(2,3)4/h6-10H,5,11H2,1-4H3,(H3,18,20,21). The van der Waals surface area contributed by atoms with Crippen molar-refractivity contribution in [3.63, 3.8) is 0 Å². The highest BCUT2D eigenvalue weighted by atomic mass is 16.4. The van der Waals surface area contributed by atoms with Crippen LogP contribution in [0.5, 0.6) is 0 Å². The zero-order valence-electron chi connectivity index (χ0n) is 13.7. The number of rotatable bonds is 4. The third kappa shape index (κ3) is 4.35. The summed E-state index contributed by atoms with van der Waals surface area (Å²) in [5.41, 5.74) is 8.04. The summed E-state index contributed by atoms with van der Waals surface area (Å²) < 4.78 is 5.68. The van der Waals surface area contributed by atoms with E-state index >= 15 is 0 Å². The maximum Gasteiger partial charge on any atom is 0.216 e. The van der Waals surface area contributed by atoms with Crippen LogP contribution in [-0.2, 0) is 18.4 Å². The maximum atomic E-state index is 5.89. The van der Waals surface area contributed by atoms with Crippen LogP contribution < -0.4 is 11.1 Å². The zero-order chi connectivity index (χ0) is 16.2. The van der Waals surface area contributed by atoms with Crippen LogP contribution in [0.15, 0.2) is 39.9 Å². The molecule has 0 aliphatic carbocycles. The summed E-state index contributed by atoms with van der Waals surface area (Å²) in [5.74, 6) is 1.76. The molecule has 1 heterocycles. The Kier molecular flexibility index (Phi) is 4.85. The molecule has 2 rings (SSSR count). The first-order valence-electron chi connectivity index (χ1n) is 7.49. The van der Waals surface area contributed by atoms with Gasteiger partial charge in [-0.15, -0.1) is 0 Å². The summed E-state index contributed by atoms with van der Waals surface area (Å²) in [4.78, 5) is 8.48. The first kappa shape index (κ1) is 16.1. The van der Waals surface area contributed by atoms with Crippen molar-refractivity contribution >= 4 is 11.6 Å². The number of nitrogens with one attached hydrogen (secondary N) is 1. The fourth-order valence-electron chi connectivity index (χ4n) is 1.89. The monoisotopic (exact) mass is 300 g/mol. The second-order valence-electron chi connectivity index (χ2n) is 6.25. The Morgan fingerprint density at radius 3 is 2.50 bits per heavy atom. The second-order valence-corrected chi connectivity index (χ2v) is 6.25. The first-order valence-corrected chi connectivity index (χ1v) is 7.49. The van der Waals surface area contributed by atoms with E-state index in [0.717, 1.165) is 17.9 Å². The van der Waals surface area contributed by atoms with E-state index in [1.165, 1.54) is 5.56 Å². The quantitative estimate of drug-likeness (QED) is 0.669. The minimum Gasteiger partial charge on any atom is -0.443 e. The fraction of sp³-hybridized carbons (Fsp3) is 0.412. The zero-order valence-corrected chi connectivity index (χ0v) is 13.7. The second kappa shape index (κ2) is 6.64. The van der Waals surface area contributed by atoms with Crippen molar-refractivity contribution < 1.29 is 4.42 Å². The largest absolute Gasteiger partial charge is 0.443 e. The molecule has 1 aromatic heterocycles. The van der Waals surface area contributed by atoms with Gasteiger partial charge in [-0.2, -0.15) is 0 Å². The number of benzene rings is 1. The highest BCUT2D eigenvalue weighted by Crippen LogP contribution is 2.22. The van der Waals surface area contributed by atoms with Gasteiger partial charge in [0, 0.05) is 11.1 Å². The number of aromatic nitrogens is 1. The molecule has 5 nitrogen and oxygen atoms in total. The van der Waals surface area contributed by atoms with Gasteiger partial charge in [-0.3, -0.25) is 0 Å². The molecular formula is C17H24N4O. The van der Waals surface area contributed by atoms with Gasteiger partial charge in [0.1, 0.15) is 12.3 Å². The summed E-state index contributed by atoms with van der Waals surface area (Å²) in [5, 5.41) is 3.06. The fourth-order valence-corrected chi connectivity index (χ4v) is 1.89. The number of nitrogens with zero attached hydrogens (tertiary/aromatic N) is 2. The number of oxazole rings is 1. The lowest BCUT2D eigenvalue weighted by atomic mass is 9.94. The molecule has 0 saturated carbocycles. The number of hydrogen-bond donors (Lipinski definition) is 2. The summed E-state index contributed by atoms with van der Waals surface area (Å²) in [6.07, 6.45) is 2.77. The Labute approximate surface area is 131 Å². The van der Waals surface area contributed by atoms with Crippen molar-refractivity contribution in [2.45, 2.75) is 46.1 Å². The highest BCUT2D eigenvalue weighted by molar-refractivity contribution is 5.92. The predicted octanol–water partition coefficient (Wildman–Crippen LogP) is 3.46. The normalized spacial score (nSPS) is 12.5. The summed E-state index contributed by atoms with van der Waals surface area (Å²) in [7, 11) is 0. The molecule has 0 unspecified atom stereocenters. The van der Waals surface area contributed by atoms with Crippen LogP contribution >= 0.6 is 0 Å². The third-order valence-electron chi connectivity index (χ3n) is 3.31. The average molecular weight is 300 g/mol. The van der Waals surface area contributed by atoms with Crippen LogP contribution in [-0.4, -0.2) is 10.9 Å². The SMILES string of the molecule is CCc1ccc(NC(N)=NCc2ncc(C(C)(C)C)o2)cc1. The van der Waals surface area contributed by atoms with Gasteiger partial charge in [-0.05, 0) is 24.1 Å². The van der Waals surface area contributed by atoms with E-state index in [0.29, 0.717) is 18.4 Å². The van der Waals surface area contributed by atoms with Crippen LogP contribution in [0.4, 0.5) is 5.69 Å². The van der Waals surface area contributed by atoms with Crippen molar-refractivity contribution in [1.82, 2.24) is 4.98 Å². The number of hydrogen-bond acceptors (Lipinski definition) is 3. The molecule has 22 heavy (non-hydrogen) atoms. The van der Waals surface area contributed by atoms with Crippen LogP contribution in [0.2, 0.25) is 0 Å². The molecule has 2 aromatic rings. The topological polar surface area (TPSA) is 76.4 Å². The molecule has 3 N–H and O–H groups in total. The molecule has 0 atom stereocenters. The number of aliphatic imine (C=N–C) groups is 1. The van der Waals surface area contributed by atoms with Gasteiger partial charge < -0.3 is 15.5 Å². The Morgan fingerprint density at radius 2 is 1.95 bits per heavy atom. The van der Waals surface area contributed by atoms with Gasteiger partial charge in [0.25, 0.3) is 0 Å². The molecule has 5 heteroatoms. The molecule has 0 spiro atoms. The Bertz CT molecular complexity index is 635. The Morgan fingerprint density at radius 1 is 1.27 bits per heavy atom. The van der Waals surface area contributed by atoms with Crippen LogP contribution in [0.3, 0.4) is 0 Å². The molecule has 0 amide bonds. The lowest BCUT2D eigenvalue weighted by molar-refractivity contribution is 0.383. The molecule has 0 aliphatic rings. The van der Waals surface area contributed by atoms with E-state index in [-0.39, 0.29) is 5.41 Å². The molecule has 0 aliphatic heterocycles. The van der Waals surface area contributed by atoms with E-state index < -0.39 is 0 Å². The highest BCUT2D eigenvalue weighted by Gasteiger charge is 2.18.